The van der Waals surface area contributed by atoms with E-state index in [-0.39, 0.29) is 16.8 Å². The number of benzene rings is 2. The van der Waals surface area contributed by atoms with Crippen LogP contribution in [0.25, 0.3) is 0 Å². The van der Waals surface area contributed by atoms with Gasteiger partial charge in [0.05, 0.1) is 10.7 Å². The molecule has 5 nitrogen and oxygen atoms in total. The molecule has 1 N–H and O–H groups in total. The maximum absolute atomic E-state index is 15.2. The maximum atomic E-state index is 15.2. The van der Waals surface area contributed by atoms with Gasteiger partial charge < -0.3 is 9.53 Å². The van der Waals surface area contributed by atoms with E-state index >= 15 is 4.39 Å². The van der Waals surface area contributed by atoms with Crippen LogP contribution in [0.5, 0.6) is 0 Å². The van der Waals surface area contributed by atoms with Crippen molar-refractivity contribution in [3.05, 3.63) is 53.1 Å². The van der Waals surface area contributed by atoms with Gasteiger partial charge in [0.15, 0.2) is 0 Å². The zero-order valence-electron chi connectivity index (χ0n) is 18.6. The van der Waals surface area contributed by atoms with Gasteiger partial charge in [-0.25, -0.2) is 17.2 Å². The summed E-state index contributed by atoms with van der Waals surface area (Å²) in [5.74, 6) is -1.49. The highest BCUT2D eigenvalue weighted by Crippen LogP contribution is 2.34. The number of rotatable bonds is 7. The zero-order valence-corrected chi connectivity index (χ0v) is 20.2. The Morgan fingerprint density at radius 3 is 2.52 bits per heavy atom. The molecule has 2 aromatic rings. The van der Waals surface area contributed by atoms with Crippen LogP contribution >= 0.6 is 11.6 Å². The minimum absolute atomic E-state index is 0.0749. The molecule has 1 saturated heterocycles. The first kappa shape index (κ1) is 24.3. The van der Waals surface area contributed by atoms with Crippen molar-refractivity contribution in [1.82, 2.24) is 4.90 Å². The highest BCUT2D eigenvalue weighted by atomic mass is 35.5. The molecule has 2 fully saturated rings. The van der Waals surface area contributed by atoms with Gasteiger partial charge in [-0.05, 0) is 69.1 Å². The number of nitrogens with zero attached hydrogens (tertiary/aromatic N) is 2. The van der Waals surface area contributed by atoms with Gasteiger partial charge in [0.25, 0.3) is 17.4 Å². The molecule has 1 heterocycles. The summed E-state index contributed by atoms with van der Waals surface area (Å²) in [4.78, 5) is 1.94. The predicted octanol–water partition coefficient (Wildman–Crippen LogP) is 5.30. The standard InChI is InChI=1S/C23H28BClF2N3O2S/c1-24-30(17-8-6-7-16(26)13-17)33(31,32)23-14-18(25)21(15-19(23)27)28-20-9-2-3-10-22(20)29-11-4-5-12-29/h6-8,13-15,20,22,28H,2-5,9-12H2,1H3/t20-,22-/m1/s1. The Kier molecular flexibility index (Phi) is 7.51. The molecule has 1 saturated carbocycles. The second-order valence-corrected chi connectivity index (χ2v) is 10.8. The van der Waals surface area contributed by atoms with Gasteiger partial charge in [-0.15, -0.1) is 0 Å². The lowest BCUT2D eigenvalue weighted by Gasteiger charge is -2.39. The molecule has 0 spiro atoms. The summed E-state index contributed by atoms with van der Waals surface area (Å²) in [5, 5.41) is 3.53. The SMILES string of the molecule is C[B]N(c1cccc(F)c1)S(=O)(=O)c1cc(Cl)c(N[C@@H]2CCCC[C@H]2N2CCCC2)cc1F. The summed E-state index contributed by atoms with van der Waals surface area (Å²) in [6, 6.07) is 7.91. The first-order valence-corrected chi connectivity index (χ1v) is 13.2. The van der Waals surface area contributed by atoms with Gasteiger partial charge >= 0.3 is 0 Å². The van der Waals surface area contributed by atoms with Crippen LogP contribution in [0.2, 0.25) is 11.8 Å². The molecule has 33 heavy (non-hydrogen) atoms. The summed E-state index contributed by atoms with van der Waals surface area (Å²) >= 11 is 6.46. The van der Waals surface area contributed by atoms with Crippen molar-refractivity contribution >= 4 is 40.4 Å². The Morgan fingerprint density at radius 1 is 1.09 bits per heavy atom. The van der Waals surface area contributed by atoms with E-state index in [1.807, 2.05) is 0 Å². The van der Waals surface area contributed by atoms with E-state index in [0.717, 1.165) is 54.8 Å². The van der Waals surface area contributed by atoms with E-state index in [9.17, 15) is 12.8 Å². The largest absolute Gasteiger partial charge is 0.379 e. The molecule has 177 valence electrons. The molecular formula is C23H28BClF2N3O2S. The van der Waals surface area contributed by atoms with Gasteiger partial charge in [-0.1, -0.05) is 37.3 Å². The molecule has 1 aliphatic carbocycles. The molecule has 10 heteroatoms. The Labute approximate surface area is 200 Å². The molecule has 0 bridgehead atoms. The lowest BCUT2D eigenvalue weighted by atomic mass is 9.89. The van der Waals surface area contributed by atoms with Crippen LogP contribution in [0.1, 0.15) is 38.5 Å². The smallest absolute Gasteiger partial charge is 0.265 e. The Morgan fingerprint density at radius 2 is 1.82 bits per heavy atom. The molecule has 2 aromatic carbocycles. The van der Waals surface area contributed by atoms with E-state index in [1.165, 1.54) is 51.7 Å². The van der Waals surface area contributed by atoms with Crippen LogP contribution in [0.4, 0.5) is 20.2 Å². The quantitative estimate of drug-likeness (QED) is 0.531. The zero-order chi connectivity index (χ0) is 23.6. The summed E-state index contributed by atoms with van der Waals surface area (Å²) < 4.78 is 56.1. The molecular weight excluding hydrogens is 467 g/mol. The Balaban J connectivity index is 1.61. The van der Waals surface area contributed by atoms with E-state index in [0.29, 0.717) is 11.7 Å². The van der Waals surface area contributed by atoms with Gasteiger partial charge in [0.2, 0.25) is 0 Å². The number of likely N-dealkylation sites (tertiary alicyclic amines) is 1. The number of anilines is 2. The summed E-state index contributed by atoms with van der Waals surface area (Å²) in [7, 11) is -3.08. The number of sulfonamides is 1. The molecule has 0 aromatic heterocycles. The van der Waals surface area contributed by atoms with Crippen LogP contribution in [0.15, 0.2) is 41.3 Å². The lowest BCUT2D eigenvalue weighted by Crippen LogP contribution is -2.47. The average molecular weight is 495 g/mol. The van der Waals surface area contributed by atoms with Gasteiger partial charge in [0.1, 0.15) is 16.5 Å². The summed E-state index contributed by atoms with van der Waals surface area (Å²) in [6.07, 6.45) is 6.69. The number of nitrogens with one attached hydrogen (secondary N) is 1. The first-order valence-electron chi connectivity index (χ1n) is 11.4. The van der Waals surface area contributed by atoms with Crippen LogP contribution < -0.4 is 9.53 Å². The molecule has 0 amide bonds. The number of hydrogen-bond donors (Lipinski definition) is 1. The molecule has 4 rings (SSSR count). The van der Waals surface area contributed by atoms with Crippen molar-refractivity contribution in [3.63, 3.8) is 0 Å². The van der Waals surface area contributed by atoms with Crippen molar-refractivity contribution in [1.29, 1.82) is 0 Å². The molecule has 1 radical (unpaired) electrons. The van der Waals surface area contributed by atoms with Gasteiger partial charge in [-0.2, -0.15) is 0 Å². The number of halogens is 3. The highest BCUT2D eigenvalue weighted by Gasteiger charge is 2.33. The molecule has 0 unspecified atom stereocenters. The van der Waals surface area contributed by atoms with E-state index in [2.05, 4.69) is 10.2 Å². The lowest BCUT2D eigenvalue weighted by molar-refractivity contribution is 0.177. The van der Waals surface area contributed by atoms with E-state index in [1.54, 1.807) is 0 Å². The van der Waals surface area contributed by atoms with Crippen molar-refractivity contribution in [2.45, 2.75) is 62.3 Å². The Hall–Kier alpha value is -1.84. The minimum atomic E-state index is -4.33. The second kappa shape index (κ2) is 10.2. The third-order valence-electron chi connectivity index (χ3n) is 6.54. The molecule has 1 aliphatic heterocycles. The van der Waals surface area contributed by atoms with Crippen molar-refractivity contribution in [2.75, 3.05) is 22.6 Å². The Bertz CT molecular complexity index is 1100. The van der Waals surface area contributed by atoms with E-state index in [4.69, 9.17) is 11.6 Å². The van der Waals surface area contributed by atoms with Crippen molar-refractivity contribution in [2.24, 2.45) is 0 Å². The van der Waals surface area contributed by atoms with Crippen molar-refractivity contribution in [3.8, 4) is 0 Å². The maximum Gasteiger partial charge on any atom is 0.265 e. The fourth-order valence-electron chi connectivity index (χ4n) is 4.97. The first-order chi connectivity index (χ1) is 15.8. The van der Waals surface area contributed by atoms with Crippen LogP contribution in [0, 0.1) is 11.6 Å². The second-order valence-electron chi connectivity index (χ2n) is 8.65. The third kappa shape index (κ3) is 5.15. The molecule has 2 atom stereocenters. The highest BCUT2D eigenvalue weighted by molar-refractivity contribution is 7.94. The van der Waals surface area contributed by atoms with Crippen molar-refractivity contribution < 1.29 is 17.2 Å². The number of hydrogen-bond acceptors (Lipinski definition) is 4. The summed E-state index contributed by atoms with van der Waals surface area (Å²) in [5.41, 5.74) is 0.466. The topological polar surface area (TPSA) is 52.7 Å². The van der Waals surface area contributed by atoms with Gasteiger partial charge in [-0.3, -0.25) is 4.90 Å². The fraction of sp³-hybridized carbons (Fsp3) is 0.478. The van der Waals surface area contributed by atoms with Crippen LogP contribution in [-0.2, 0) is 10.0 Å². The normalized spacial score (nSPS) is 21.7. The van der Waals surface area contributed by atoms with Crippen LogP contribution in [0.3, 0.4) is 0 Å². The fourth-order valence-corrected chi connectivity index (χ4v) is 6.71. The minimum Gasteiger partial charge on any atom is -0.379 e. The van der Waals surface area contributed by atoms with Crippen LogP contribution in [-0.4, -0.2) is 45.9 Å². The predicted molar refractivity (Wildman–Crippen MR) is 130 cm³/mol. The van der Waals surface area contributed by atoms with Gasteiger partial charge in [0, 0.05) is 17.8 Å². The molecule has 2 aliphatic rings. The monoisotopic (exact) mass is 494 g/mol. The average Bonchev–Trinajstić information content (AvgIpc) is 3.31. The third-order valence-corrected chi connectivity index (χ3v) is 8.66. The summed E-state index contributed by atoms with van der Waals surface area (Å²) in [6.45, 7) is 3.64. The van der Waals surface area contributed by atoms with E-state index < -0.39 is 26.6 Å².